The Hall–Kier alpha value is -0.220. The third kappa shape index (κ3) is 2.19. The van der Waals surface area contributed by atoms with Crippen LogP contribution in [0, 0.1) is 5.92 Å². The molecule has 58 valence electrons. The van der Waals surface area contributed by atoms with Crippen LogP contribution >= 0.6 is 11.8 Å². The number of amidine groups is 1. The highest BCUT2D eigenvalue weighted by Crippen LogP contribution is 2.14. The largest absolute Gasteiger partial charge is 0.384 e. The molecule has 1 aliphatic rings. The first-order valence-electron chi connectivity index (χ1n) is 3.24. The molecule has 1 heterocycles. The van der Waals surface area contributed by atoms with E-state index in [1.165, 1.54) is 0 Å². The van der Waals surface area contributed by atoms with Crippen molar-refractivity contribution in [2.24, 2.45) is 16.6 Å². The first kappa shape index (κ1) is 7.88. The number of ether oxygens (including phenoxy) is 1. The number of hydrogen-bond acceptors (Lipinski definition) is 4. The summed E-state index contributed by atoms with van der Waals surface area (Å²) in [6, 6.07) is 0. The number of aliphatic imine (C=N–C) groups is 1. The highest BCUT2D eigenvalue weighted by Gasteiger charge is 2.13. The monoisotopic (exact) mass is 160 g/mol. The standard InChI is InChI=1S/C6H12N2OS/c1-9-3-5-2-8-6(7)10-4-5/h5H,2-4H2,1H3,(H2,7,8)/t5-/m1/s1. The van der Waals surface area contributed by atoms with Gasteiger partial charge in [-0.05, 0) is 0 Å². The second-order valence-corrected chi connectivity index (χ2v) is 3.35. The van der Waals surface area contributed by atoms with Crippen LogP contribution in [0.15, 0.2) is 4.99 Å². The molecule has 0 unspecified atom stereocenters. The molecular weight excluding hydrogens is 148 g/mol. The highest BCUT2D eigenvalue weighted by molar-refractivity contribution is 8.13. The lowest BCUT2D eigenvalue weighted by atomic mass is 10.2. The van der Waals surface area contributed by atoms with Crippen LogP contribution < -0.4 is 5.73 Å². The summed E-state index contributed by atoms with van der Waals surface area (Å²) in [5.74, 6) is 1.60. The maximum atomic E-state index is 5.47. The Kier molecular flexibility index (Phi) is 3.02. The van der Waals surface area contributed by atoms with Crippen molar-refractivity contribution in [2.75, 3.05) is 26.0 Å². The zero-order chi connectivity index (χ0) is 7.40. The predicted octanol–water partition coefficient (Wildman–Crippen LogP) is 0.311. The average molecular weight is 160 g/mol. The fraction of sp³-hybridized carbons (Fsp3) is 0.833. The zero-order valence-electron chi connectivity index (χ0n) is 6.04. The summed E-state index contributed by atoms with van der Waals surface area (Å²) in [6.45, 7) is 1.62. The second kappa shape index (κ2) is 3.83. The van der Waals surface area contributed by atoms with Gasteiger partial charge in [-0.25, -0.2) is 0 Å². The van der Waals surface area contributed by atoms with E-state index in [2.05, 4.69) is 4.99 Å². The third-order valence-corrected chi connectivity index (χ3v) is 2.44. The van der Waals surface area contributed by atoms with E-state index in [0.29, 0.717) is 11.1 Å². The van der Waals surface area contributed by atoms with Gasteiger partial charge in [-0.3, -0.25) is 4.99 Å². The summed E-state index contributed by atoms with van der Waals surface area (Å²) in [4.78, 5) is 4.11. The third-order valence-electron chi connectivity index (χ3n) is 1.37. The van der Waals surface area contributed by atoms with Crippen molar-refractivity contribution in [2.45, 2.75) is 0 Å². The van der Waals surface area contributed by atoms with Crippen LogP contribution in [0.3, 0.4) is 0 Å². The fourth-order valence-electron chi connectivity index (χ4n) is 0.857. The average Bonchev–Trinajstić information content (AvgIpc) is 1.95. The summed E-state index contributed by atoms with van der Waals surface area (Å²) in [7, 11) is 1.71. The highest BCUT2D eigenvalue weighted by atomic mass is 32.2. The van der Waals surface area contributed by atoms with Crippen LogP contribution in [0.1, 0.15) is 0 Å². The van der Waals surface area contributed by atoms with Crippen molar-refractivity contribution < 1.29 is 4.74 Å². The minimum atomic E-state index is 0.558. The second-order valence-electron chi connectivity index (χ2n) is 2.31. The molecule has 0 fully saturated rings. The van der Waals surface area contributed by atoms with E-state index < -0.39 is 0 Å². The number of methoxy groups -OCH3 is 1. The molecule has 0 aromatic rings. The van der Waals surface area contributed by atoms with E-state index in [0.717, 1.165) is 18.9 Å². The molecule has 3 nitrogen and oxygen atoms in total. The Morgan fingerprint density at radius 3 is 3.20 bits per heavy atom. The molecule has 0 saturated carbocycles. The summed E-state index contributed by atoms with van der Waals surface area (Å²) in [5.41, 5.74) is 5.47. The summed E-state index contributed by atoms with van der Waals surface area (Å²) >= 11 is 1.61. The van der Waals surface area contributed by atoms with Gasteiger partial charge in [0.15, 0.2) is 5.17 Å². The predicted molar refractivity (Wildman–Crippen MR) is 44.3 cm³/mol. The molecular formula is C6H12N2OS. The van der Waals surface area contributed by atoms with Gasteiger partial charge in [0.2, 0.25) is 0 Å². The normalized spacial score (nSPS) is 26.1. The molecule has 1 atom stereocenters. The Balaban J connectivity index is 2.27. The van der Waals surface area contributed by atoms with Crippen molar-refractivity contribution >= 4 is 16.9 Å². The van der Waals surface area contributed by atoms with Gasteiger partial charge >= 0.3 is 0 Å². The van der Waals surface area contributed by atoms with Gasteiger partial charge in [0.25, 0.3) is 0 Å². The summed E-state index contributed by atoms with van der Waals surface area (Å²) < 4.78 is 4.99. The van der Waals surface area contributed by atoms with Gasteiger partial charge in [-0.1, -0.05) is 11.8 Å². The Morgan fingerprint density at radius 1 is 1.90 bits per heavy atom. The fourth-order valence-corrected chi connectivity index (χ4v) is 1.63. The van der Waals surface area contributed by atoms with Crippen molar-refractivity contribution in [1.82, 2.24) is 0 Å². The quantitative estimate of drug-likeness (QED) is 0.632. The van der Waals surface area contributed by atoms with Gasteiger partial charge < -0.3 is 10.5 Å². The minimum absolute atomic E-state index is 0.558. The topological polar surface area (TPSA) is 47.6 Å². The molecule has 0 aromatic carbocycles. The van der Waals surface area contributed by atoms with Gasteiger partial charge in [0, 0.05) is 25.3 Å². The maximum absolute atomic E-state index is 5.47. The molecule has 0 aromatic heterocycles. The molecule has 0 amide bonds. The van der Waals surface area contributed by atoms with E-state index in [9.17, 15) is 0 Å². The summed E-state index contributed by atoms with van der Waals surface area (Å²) in [6.07, 6.45) is 0. The smallest absolute Gasteiger partial charge is 0.153 e. The Labute approximate surface area is 65.0 Å². The minimum Gasteiger partial charge on any atom is -0.384 e. The number of nitrogens with zero attached hydrogens (tertiary/aromatic N) is 1. The molecule has 4 heteroatoms. The summed E-state index contributed by atoms with van der Waals surface area (Å²) in [5, 5.41) is 0.715. The van der Waals surface area contributed by atoms with Crippen molar-refractivity contribution in [1.29, 1.82) is 0 Å². The molecule has 0 radical (unpaired) electrons. The maximum Gasteiger partial charge on any atom is 0.153 e. The lowest BCUT2D eigenvalue weighted by molar-refractivity contribution is 0.164. The van der Waals surface area contributed by atoms with Crippen LogP contribution in [-0.4, -0.2) is 31.2 Å². The molecule has 0 saturated heterocycles. The van der Waals surface area contributed by atoms with Crippen LogP contribution in [-0.2, 0) is 4.74 Å². The molecule has 0 aliphatic carbocycles. The van der Waals surface area contributed by atoms with Crippen LogP contribution in [0.5, 0.6) is 0 Å². The van der Waals surface area contributed by atoms with E-state index in [1.807, 2.05) is 0 Å². The van der Waals surface area contributed by atoms with Crippen LogP contribution in [0.4, 0.5) is 0 Å². The van der Waals surface area contributed by atoms with Crippen LogP contribution in [0.25, 0.3) is 0 Å². The Bertz CT molecular complexity index is 138. The molecule has 2 N–H and O–H groups in total. The number of hydrogen-bond donors (Lipinski definition) is 1. The molecule has 0 bridgehead atoms. The van der Waals surface area contributed by atoms with Crippen LogP contribution in [0.2, 0.25) is 0 Å². The molecule has 1 rings (SSSR count). The van der Waals surface area contributed by atoms with Crippen molar-refractivity contribution in [3.05, 3.63) is 0 Å². The number of nitrogens with two attached hydrogens (primary N) is 1. The molecule has 10 heavy (non-hydrogen) atoms. The first-order chi connectivity index (χ1) is 4.83. The van der Waals surface area contributed by atoms with E-state index in [4.69, 9.17) is 10.5 Å². The lowest BCUT2D eigenvalue weighted by Crippen LogP contribution is -2.23. The first-order valence-corrected chi connectivity index (χ1v) is 4.23. The van der Waals surface area contributed by atoms with Gasteiger partial charge in [0.1, 0.15) is 0 Å². The van der Waals surface area contributed by atoms with Crippen molar-refractivity contribution in [3.8, 4) is 0 Å². The van der Waals surface area contributed by atoms with E-state index >= 15 is 0 Å². The van der Waals surface area contributed by atoms with Gasteiger partial charge in [-0.2, -0.15) is 0 Å². The SMILES string of the molecule is COC[C@H]1CN=C(N)SC1. The zero-order valence-corrected chi connectivity index (χ0v) is 6.86. The van der Waals surface area contributed by atoms with Crippen molar-refractivity contribution in [3.63, 3.8) is 0 Å². The van der Waals surface area contributed by atoms with E-state index in [1.54, 1.807) is 18.9 Å². The number of rotatable bonds is 2. The molecule has 0 spiro atoms. The Morgan fingerprint density at radius 2 is 2.70 bits per heavy atom. The molecule has 1 aliphatic heterocycles. The lowest BCUT2D eigenvalue weighted by Gasteiger charge is -2.17. The number of thioether (sulfide) groups is 1. The van der Waals surface area contributed by atoms with Gasteiger partial charge in [-0.15, -0.1) is 0 Å². The van der Waals surface area contributed by atoms with E-state index in [-0.39, 0.29) is 0 Å². The van der Waals surface area contributed by atoms with Gasteiger partial charge in [0.05, 0.1) is 6.61 Å².